The number of nitrogens with zero attached hydrogens (tertiary/aromatic N) is 4. The summed E-state index contributed by atoms with van der Waals surface area (Å²) in [5.74, 6) is 0.295. The highest BCUT2D eigenvalue weighted by atomic mass is 19.1. The van der Waals surface area contributed by atoms with E-state index < -0.39 is 5.82 Å². The van der Waals surface area contributed by atoms with Crippen molar-refractivity contribution in [2.45, 2.75) is 6.42 Å². The number of benzene rings is 1. The van der Waals surface area contributed by atoms with Crippen LogP contribution in [0.3, 0.4) is 0 Å². The summed E-state index contributed by atoms with van der Waals surface area (Å²) < 4.78 is 15.4. The van der Waals surface area contributed by atoms with Crippen LogP contribution in [0, 0.1) is 17.1 Å². The van der Waals surface area contributed by atoms with E-state index in [1.165, 1.54) is 6.07 Å². The zero-order valence-electron chi connectivity index (χ0n) is 11.1. The molecule has 104 valence electrons. The van der Waals surface area contributed by atoms with Gasteiger partial charge in [0, 0.05) is 19.2 Å². The second-order valence-electron chi connectivity index (χ2n) is 4.50. The molecule has 1 N–H and O–H groups in total. The van der Waals surface area contributed by atoms with Gasteiger partial charge in [0.2, 0.25) is 0 Å². The molecule has 0 unspecified atom stereocenters. The lowest BCUT2D eigenvalue weighted by Gasteiger charge is -2.07. The third-order valence-corrected chi connectivity index (χ3v) is 3.17. The molecule has 3 rings (SSSR count). The number of pyridine rings is 1. The molecule has 21 heavy (non-hydrogen) atoms. The average molecular weight is 281 g/mol. The number of hydrogen-bond acceptors (Lipinski definition) is 4. The lowest BCUT2D eigenvalue weighted by molar-refractivity contribution is 0.624. The number of halogens is 1. The van der Waals surface area contributed by atoms with Gasteiger partial charge in [0.05, 0.1) is 5.69 Å². The van der Waals surface area contributed by atoms with Gasteiger partial charge in [-0.25, -0.2) is 4.39 Å². The fourth-order valence-electron chi connectivity index (χ4n) is 2.16. The number of nitrogens with one attached hydrogen (secondary N) is 1. The monoisotopic (exact) mass is 281 g/mol. The minimum Gasteiger partial charge on any atom is -0.383 e. The van der Waals surface area contributed by atoms with Crippen LogP contribution in [0.2, 0.25) is 0 Å². The molecule has 0 atom stereocenters. The lowest BCUT2D eigenvalue weighted by atomic mass is 10.2. The number of anilines is 1. The summed E-state index contributed by atoms with van der Waals surface area (Å²) in [7, 11) is 0. The van der Waals surface area contributed by atoms with Crippen LogP contribution in [-0.2, 0) is 6.42 Å². The van der Waals surface area contributed by atoms with E-state index in [1.54, 1.807) is 12.1 Å². The summed E-state index contributed by atoms with van der Waals surface area (Å²) in [6.45, 7) is 0.536. The second-order valence-corrected chi connectivity index (χ2v) is 4.50. The van der Waals surface area contributed by atoms with E-state index in [4.69, 9.17) is 5.26 Å². The molecule has 6 heteroatoms. The largest absolute Gasteiger partial charge is 0.383 e. The Hall–Kier alpha value is -2.94. The highest BCUT2D eigenvalue weighted by Crippen LogP contribution is 2.17. The summed E-state index contributed by atoms with van der Waals surface area (Å²) in [5, 5.41) is 20.2. The first-order valence-electron chi connectivity index (χ1n) is 6.51. The van der Waals surface area contributed by atoms with Crippen LogP contribution in [-0.4, -0.2) is 21.1 Å². The van der Waals surface area contributed by atoms with Gasteiger partial charge in [0.25, 0.3) is 0 Å². The van der Waals surface area contributed by atoms with E-state index >= 15 is 0 Å². The van der Waals surface area contributed by atoms with Gasteiger partial charge in [0.15, 0.2) is 5.65 Å². The molecule has 0 aliphatic rings. The number of nitriles is 1. The SMILES string of the molecule is N#Cc1c(F)cccc1NCCc1nnc2ccccn12. The molecular weight excluding hydrogens is 269 g/mol. The molecule has 0 amide bonds. The van der Waals surface area contributed by atoms with Crippen molar-refractivity contribution in [1.29, 1.82) is 5.26 Å². The molecule has 0 bridgehead atoms. The van der Waals surface area contributed by atoms with E-state index in [9.17, 15) is 4.39 Å². The first-order valence-corrected chi connectivity index (χ1v) is 6.51. The number of hydrogen-bond donors (Lipinski definition) is 1. The molecule has 0 saturated heterocycles. The van der Waals surface area contributed by atoms with Crippen LogP contribution in [0.5, 0.6) is 0 Å². The number of rotatable bonds is 4. The van der Waals surface area contributed by atoms with Gasteiger partial charge in [-0.1, -0.05) is 12.1 Å². The Morgan fingerprint density at radius 3 is 2.95 bits per heavy atom. The smallest absolute Gasteiger partial charge is 0.160 e. The lowest BCUT2D eigenvalue weighted by Crippen LogP contribution is -2.09. The van der Waals surface area contributed by atoms with Gasteiger partial charge in [-0.15, -0.1) is 10.2 Å². The molecule has 0 aliphatic heterocycles. The van der Waals surface area contributed by atoms with Crippen LogP contribution >= 0.6 is 0 Å². The predicted octanol–water partition coefficient (Wildman–Crippen LogP) is 2.39. The third-order valence-electron chi connectivity index (χ3n) is 3.17. The van der Waals surface area contributed by atoms with Crippen molar-refractivity contribution in [3.63, 3.8) is 0 Å². The van der Waals surface area contributed by atoms with Crippen molar-refractivity contribution in [2.75, 3.05) is 11.9 Å². The zero-order chi connectivity index (χ0) is 14.7. The maximum atomic E-state index is 13.5. The Kier molecular flexibility index (Phi) is 3.48. The summed E-state index contributed by atoms with van der Waals surface area (Å²) >= 11 is 0. The minimum atomic E-state index is -0.518. The molecule has 0 aliphatic carbocycles. The molecule has 0 saturated carbocycles. The maximum absolute atomic E-state index is 13.5. The van der Waals surface area contributed by atoms with E-state index in [0.29, 0.717) is 18.7 Å². The van der Waals surface area contributed by atoms with Gasteiger partial charge in [-0.2, -0.15) is 5.26 Å². The predicted molar refractivity (Wildman–Crippen MR) is 76.3 cm³/mol. The van der Waals surface area contributed by atoms with Crippen molar-refractivity contribution in [3.8, 4) is 6.07 Å². The van der Waals surface area contributed by atoms with Crippen molar-refractivity contribution in [2.24, 2.45) is 0 Å². The van der Waals surface area contributed by atoms with Crippen LogP contribution in [0.1, 0.15) is 11.4 Å². The molecule has 0 radical (unpaired) electrons. The van der Waals surface area contributed by atoms with Gasteiger partial charge >= 0.3 is 0 Å². The van der Waals surface area contributed by atoms with E-state index in [2.05, 4.69) is 15.5 Å². The van der Waals surface area contributed by atoms with Crippen molar-refractivity contribution < 1.29 is 4.39 Å². The normalized spacial score (nSPS) is 10.5. The fourth-order valence-corrected chi connectivity index (χ4v) is 2.16. The van der Waals surface area contributed by atoms with E-state index in [0.717, 1.165) is 11.5 Å². The maximum Gasteiger partial charge on any atom is 0.160 e. The Balaban J connectivity index is 1.72. The highest BCUT2D eigenvalue weighted by molar-refractivity contribution is 5.57. The summed E-state index contributed by atoms with van der Waals surface area (Å²) in [6, 6.07) is 12.1. The van der Waals surface area contributed by atoms with Gasteiger partial charge in [-0.3, -0.25) is 4.40 Å². The summed E-state index contributed by atoms with van der Waals surface area (Å²) in [6.07, 6.45) is 2.51. The molecule has 5 nitrogen and oxygen atoms in total. The Labute approximate surface area is 120 Å². The molecule has 0 spiro atoms. The zero-order valence-corrected chi connectivity index (χ0v) is 11.1. The summed E-state index contributed by atoms with van der Waals surface area (Å²) in [5.41, 5.74) is 1.31. The molecule has 2 heterocycles. The molecule has 1 aromatic carbocycles. The molecule has 3 aromatic rings. The van der Waals surface area contributed by atoms with Crippen LogP contribution in [0.15, 0.2) is 42.6 Å². The Morgan fingerprint density at radius 2 is 2.10 bits per heavy atom. The molecular formula is C15H12FN5. The minimum absolute atomic E-state index is 0.0311. The average Bonchev–Trinajstić information content (AvgIpc) is 2.91. The van der Waals surface area contributed by atoms with Gasteiger partial charge < -0.3 is 5.32 Å². The standard InChI is InChI=1S/C15H12FN5/c16-12-4-3-5-13(11(12)10-17)18-8-7-15-20-19-14-6-1-2-9-21(14)15/h1-6,9,18H,7-8H2. The van der Waals surface area contributed by atoms with E-state index in [1.807, 2.05) is 34.9 Å². The fraction of sp³-hybridized carbons (Fsp3) is 0.133. The first kappa shape index (κ1) is 13.1. The van der Waals surface area contributed by atoms with Gasteiger partial charge in [0.1, 0.15) is 23.3 Å². The quantitative estimate of drug-likeness (QED) is 0.797. The summed E-state index contributed by atoms with van der Waals surface area (Å²) in [4.78, 5) is 0. The topological polar surface area (TPSA) is 66.0 Å². The molecule has 2 aromatic heterocycles. The van der Waals surface area contributed by atoms with Crippen molar-refractivity contribution >= 4 is 11.3 Å². The van der Waals surface area contributed by atoms with Crippen molar-refractivity contribution in [3.05, 3.63) is 59.8 Å². The van der Waals surface area contributed by atoms with Crippen LogP contribution < -0.4 is 5.32 Å². The number of aromatic nitrogens is 3. The van der Waals surface area contributed by atoms with E-state index in [-0.39, 0.29) is 5.56 Å². The number of fused-ring (bicyclic) bond motifs is 1. The molecule has 0 fully saturated rings. The van der Waals surface area contributed by atoms with Crippen LogP contribution in [0.4, 0.5) is 10.1 Å². The second kappa shape index (κ2) is 5.59. The van der Waals surface area contributed by atoms with Crippen molar-refractivity contribution in [1.82, 2.24) is 14.6 Å². The van der Waals surface area contributed by atoms with Gasteiger partial charge in [-0.05, 0) is 24.3 Å². The highest BCUT2D eigenvalue weighted by Gasteiger charge is 2.08. The Morgan fingerprint density at radius 1 is 1.19 bits per heavy atom. The first-order chi connectivity index (χ1) is 10.3. The van der Waals surface area contributed by atoms with Crippen LogP contribution in [0.25, 0.3) is 5.65 Å². The third kappa shape index (κ3) is 2.54. The Bertz CT molecular complexity index is 818.